The third kappa shape index (κ3) is 2.21. The molecular weight excluding hydrogens is 373 g/mol. The first-order valence-corrected chi connectivity index (χ1v) is 10.3. The first-order chi connectivity index (χ1) is 12.4. The number of anilines is 1. The van der Waals surface area contributed by atoms with Crippen LogP contribution < -0.4 is 5.73 Å². The molecule has 6 atom stereocenters. The van der Waals surface area contributed by atoms with Crippen LogP contribution in [-0.2, 0) is 14.0 Å². The van der Waals surface area contributed by atoms with Crippen LogP contribution in [-0.4, -0.2) is 50.4 Å². The summed E-state index contributed by atoms with van der Waals surface area (Å²) in [5.74, 6) is 0.205. The Hall–Kier alpha value is -0.990. The molecule has 2 aromatic rings. The molecule has 2 aromatic heterocycles. The van der Waals surface area contributed by atoms with Gasteiger partial charge in [0.1, 0.15) is 11.6 Å². The summed E-state index contributed by atoms with van der Waals surface area (Å²) in [7, 11) is 2.36. The van der Waals surface area contributed by atoms with Gasteiger partial charge in [0.25, 0.3) is 0 Å². The van der Waals surface area contributed by atoms with E-state index in [2.05, 4.69) is 29.0 Å². The number of imidazole rings is 1. The first kappa shape index (κ1) is 17.1. The second-order valence-corrected chi connectivity index (χ2v) is 8.89. The molecule has 5 rings (SSSR count). The molecule has 2 saturated carbocycles. The summed E-state index contributed by atoms with van der Waals surface area (Å²) >= 11 is 1.47. The summed E-state index contributed by atoms with van der Waals surface area (Å²) in [5, 5.41) is 0.644. The maximum Gasteiger partial charge on any atom is 0.191 e. The topological polar surface area (TPSA) is 97.3 Å². The van der Waals surface area contributed by atoms with Crippen LogP contribution in [0.2, 0.25) is 0 Å². The molecule has 0 bridgehead atoms. The van der Waals surface area contributed by atoms with Gasteiger partial charge in [0.2, 0.25) is 0 Å². The zero-order chi connectivity index (χ0) is 18.3. The molecular formula is C16H22N5O3PS. The SMILES string of the molecule is CSc1nc(N)c2ncn(C3[C@H]4OC(C)(C)O[C@H]4[C@]4(COP)C[C@H]34)c2n1. The zero-order valence-electron chi connectivity index (χ0n) is 14.9. The van der Waals surface area contributed by atoms with Crippen molar-refractivity contribution in [1.29, 1.82) is 0 Å². The van der Waals surface area contributed by atoms with Crippen molar-refractivity contribution in [3.63, 3.8) is 0 Å². The summed E-state index contributed by atoms with van der Waals surface area (Å²) < 4.78 is 20.2. The monoisotopic (exact) mass is 395 g/mol. The van der Waals surface area contributed by atoms with Gasteiger partial charge < -0.3 is 24.3 Å². The standard InChI is InChI=1S/C16H22N5O3PS/c1-15(2)23-10-9(7-4-16(7,5-22-25)11(10)24-15)21-6-18-8-12(17)19-14(26-3)20-13(8)21/h6-7,9-11H,4-5,25H2,1-3H3,(H2,17,19,20)/t7-,9?,10-,11-,16+/m1/s1. The van der Waals surface area contributed by atoms with Crippen LogP contribution in [0.15, 0.2) is 11.5 Å². The van der Waals surface area contributed by atoms with Crippen LogP contribution in [0.25, 0.3) is 11.2 Å². The largest absolute Gasteiger partial charge is 0.382 e. The number of nitrogen functional groups attached to an aromatic ring is 1. The number of hydrogen-bond donors (Lipinski definition) is 1. The van der Waals surface area contributed by atoms with E-state index in [9.17, 15) is 0 Å². The van der Waals surface area contributed by atoms with Crippen LogP contribution >= 0.6 is 21.2 Å². The van der Waals surface area contributed by atoms with Gasteiger partial charge in [-0.25, -0.2) is 15.0 Å². The van der Waals surface area contributed by atoms with Gasteiger partial charge in [-0.2, -0.15) is 0 Å². The highest BCUT2D eigenvalue weighted by atomic mass is 32.2. The van der Waals surface area contributed by atoms with E-state index >= 15 is 0 Å². The zero-order valence-corrected chi connectivity index (χ0v) is 16.8. The Morgan fingerprint density at radius 3 is 2.96 bits per heavy atom. The number of fused-ring (bicyclic) bond motifs is 4. The summed E-state index contributed by atoms with van der Waals surface area (Å²) in [4.78, 5) is 13.5. The predicted molar refractivity (Wildman–Crippen MR) is 101 cm³/mol. The first-order valence-electron chi connectivity index (χ1n) is 8.61. The Kier molecular flexibility index (Phi) is 3.63. The van der Waals surface area contributed by atoms with E-state index in [1.165, 1.54) is 11.8 Å². The minimum atomic E-state index is -0.607. The van der Waals surface area contributed by atoms with Gasteiger partial charge in [-0.15, -0.1) is 0 Å². The van der Waals surface area contributed by atoms with Crippen LogP contribution in [0, 0.1) is 11.3 Å². The van der Waals surface area contributed by atoms with E-state index in [4.69, 9.17) is 19.7 Å². The second kappa shape index (κ2) is 5.52. The van der Waals surface area contributed by atoms with Gasteiger partial charge in [-0.05, 0) is 32.4 Å². The van der Waals surface area contributed by atoms with E-state index < -0.39 is 5.79 Å². The highest BCUT2D eigenvalue weighted by Crippen LogP contribution is 2.71. The maximum absolute atomic E-state index is 6.30. The molecule has 3 heterocycles. The van der Waals surface area contributed by atoms with Crippen molar-refractivity contribution >= 4 is 38.2 Å². The van der Waals surface area contributed by atoms with Crippen molar-refractivity contribution in [3.05, 3.63) is 6.33 Å². The van der Waals surface area contributed by atoms with Crippen LogP contribution in [0.5, 0.6) is 0 Å². The highest BCUT2D eigenvalue weighted by Gasteiger charge is 2.76. The third-order valence-corrected chi connectivity index (χ3v) is 6.62. The van der Waals surface area contributed by atoms with Crippen molar-refractivity contribution in [3.8, 4) is 0 Å². The summed E-state index contributed by atoms with van der Waals surface area (Å²) in [6, 6.07) is 0.0935. The fourth-order valence-corrected chi connectivity index (χ4v) is 5.51. The molecule has 3 aliphatic rings. The van der Waals surface area contributed by atoms with E-state index in [1.54, 1.807) is 0 Å². The maximum atomic E-state index is 6.30. The van der Waals surface area contributed by atoms with Gasteiger partial charge in [0, 0.05) is 14.9 Å². The summed E-state index contributed by atoms with van der Waals surface area (Å²) in [6.45, 7) is 4.57. The normalized spacial score (nSPS) is 37.1. The Morgan fingerprint density at radius 2 is 2.23 bits per heavy atom. The fourth-order valence-electron chi connectivity index (χ4n) is 4.83. The summed E-state index contributed by atoms with van der Waals surface area (Å²) in [6.07, 6.45) is 4.74. The van der Waals surface area contributed by atoms with Crippen molar-refractivity contribution in [2.24, 2.45) is 11.3 Å². The van der Waals surface area contributed by atoms with Crippen molar-refractivity contribution < 1.29 is 14.0 Å². The Morgan fingerprint density at radius 1 is 1.42 bits per heavy atom. The predicted octanol–water partition coefficient (Wildman–Crippen LogP) is 2.02. The Labute approximate surface area is 157 Å². The smallest absolute Gasteiger partial charge is 0.191 e. The molecule has 10 heteroatoms. The minimum absolute atomic E-state index is 0.00436. The number of nitrogens with two attached hydrogens (primary N) is 1. The number of thioether (sulfide) groups is 1. The van der Waals surface area contributed by atoms with Gasteiger partial charge in [-0.3, -0.25) is 0 Å². The number of aromatic nitrogens is 4. The van der Waals surface area contributed by atoms with Gasteiger partial charge in [0.15, 0.2) is 22.4 Å². The van der Waals surface area contributed by atoms with Crippen molar-refractivity contribution in [2.45, 2.75) is 49.5 Å². The lowest BCUT2D eigenvalue weighted by Crippen LogP contribution is -2.33. The number of rotatable bonds is 4. The molecule has 8 nitrogen and oxygen atoms in total. The van der Waals surface area contributed by atoms with Crippen LogP contribution in [0.1, 0.15) is 26.3 Å². The lowest BCUT2D eigenvalue weighted by Gasteiger charge is -2.24. The lowest BCUT2D eigenvalue weighted by atomic mass is 10.0. The Balaban J connectivity index is 1.62. The quantitative estimate of drug-likeness (QED) is 0.477. The van der Waals surface area contributed by atoms with E-state index in [-0.39, 0.29) is 23.7 Å². The lowest BCUT2D eigenvalue weighted by molar-refractivity contribution is -0.162. The number of hydrogen-bond acceptors (Lipinski definition) is 8. The summed E-state index contributed by atoms with van der Waals surface area (Å²) in [5.41, 5.74) is 7.48. The molecule has 2 N–H and O–H groups in total. The number of ether oxygens (including phenoxy) is 2. The molecule has 2 unspecified atom stereocenters. The van der Waals surface area contributed by atoms with E-state index in [0.29, 0.717) is 29.0 Å². The second-order valence-electron chi connectivity index (χ2n) is 7.79. The molecule has 26 heavy (non-hydrogen) atoms. The van der Waals surface area contributed by atoms with Crippen molar-refractivity contribution in [2.75, 3.05) is 18.6 Å². The molecule has 2 aliphatic carbocycles. The number of nitrogens with zero attached hydrogens (tertiary/aromatic N) is 4. The van der Waals surface area contributed by atoms with E-state index in [0.717, 1.165) is 12.1 Å². The molecule has 1 aliphatic heterocycles. The van der Waals surface area contributed by atoms with Crippen LogP contribution in [0.4, 0.5) is 5.82 Å². The van der Waals surface area contributed by atoms with Crippen molar-refractivity contribution in [1.82, 2.24) is 19.5 Å². The average molecular weight is 395 g/mol. The molecule has 0 spiro atoms. The molecule has 0 aromatic carbocycles. The molecule has 3 fully saturated rings. The highest BCUT2D eigenvalue weighted by molar-refractivity contribution is 7.98. The molecule has 0 amide bonds. The minimum Gasteiger partial charge on any atom is -0.382 e. The third-order valence-electron chi connectivity index (χ3n) is 5.91. The van der Waals surface area contributed by atoms with Gasteiger partial charge in [0.05, 0.1) is 25.1 Å². The van der Waals surface area contributed by atoms with Gasteiger partial charge in [-0.1, -0.05) is 11.8 Å². The molecule has 140 valence electrons. The average Bonchev–Trinajstić information content (AvgIpc) is 2.86. The van der Waals surface area contributed by atoms with E-state index in [1.807, 2.05) is 26.4 Å². The van der Waals surface area contributed by atoms with Gasteiger partial charge >= 0.3 is 0 Å². The Bertz CT molecular complexity index is 892. The molecule has 0 radical (unpaired) electrons. The molecule has 1 saturated heterocycles. The fraction of sp³-hybridized carbons (Fsp3) is 0.688. The van der Waals surface area contributed by atoms with Crippen LogP contribution in [0.3, 0.4) is 0 Å².